The number of alkyl halides is 3. The highest BCUT2D eigenvalue weighted by Gasteiger charge is 2.76. The number of hydrogen-bond acceptors (Lipinski definition) is 4. The Labute approximate surface area is 126 Å². The van der Waals surface area contributed by atoms with Crippen molar-refractivity contribution < 1.29 is 27.8 Å². The third-order valence-electron chi connectivity index (χ3n) is 4.40. The smallest absolute Gasteiger partial charge is 0.444 e. The molecule has 4 nitrogen and oxygen atoms in total. The molecule has 2 aliphatic rings. The van der Waals surface area contributed by atoms with E-state index in [1.165, 1.54) is 7.11 Å². The number of halogens is 3. The number of fused-ring (bicyclic) bond motifs is 1. The maximum atomic E-state index is 13.3. The second kappa shape index (κ2) is 4.59. The zero-order chi connectivity index (χ0) is 16.3. The number of ether oxygens (including phenoxy) is 2. The summed E-state index contributed by atoms with van der Waals surface area (Å²) in [6, 6.07) is 5.17. The second-order valence-corrected chi connectivity index (χ2v) is 6.37. The van der Waals surface area contributed by atoms with Gasteiger partial charge in [0.25, 0.3) is 5.79 Å². The fourth-order valence-electron chi connectivity index (χ4n) is 3.25. The number of morpholine rings is 1. The van der Waals surface area contributed by atoms with Crippen LogP contribution in [0, 0.1) is 0 Å². The van der Waals surface area contributed by atoms with E-state index in [0.29, 0.717) is 11.3 Å². The monoisotopic (exact) mass is 317 g/mol. The van der Waals surface area contributed by atoms with Crippen LogP contribution in [0.2, 0.25) is 0 Å². The van der Waals surface area contributed by atoms with E-state index in [4.69, 9.17) is 9.47 Å². The lowest BCUT2D eigenvalue weighted by Gasteiger charge is -2.40. The van der Waals surface area contributed by atoms with E-state index in [1.807, 2.05) is 0 Å². The van der Waals surface area contributed by atoms with Crippen LogP contribution in [0.5, 0.6) is 5.75 Å². The van der Waals surface area contributed by atoms with Gasteiger partial charge in [-0.25, -0.2) is 0 Å². The highest BCUT2D eigenvalue weighted by Crippen LogP contribution is 2.60. The zero-order valence-electron chi connectivity index (χ0n) is 12.5. The summed E-state index contributed by atoms with van der Waals surface area (Å²) in [4.78, 5) is 1.65. The van der Waals surface area contributed by atoms with Gasteiger partial charge in [0.2, 0.25) is 0 Å². The minimum atomic E-state index is -4.85. The maximum absolute atomic E-state index is 13.3. The Hall–Kier alpha value is -1.31. The predicted molar refractivity (Wildman–Crippen MR) is 72.4 cm³/mol. The summed E-state index contributed by atoms with van der Waals surface area (Å²) >= 11 is 0. The SMILES string of the molecule is COc1cccc([C@@H]2[C@@H]3N2C(C)(C)CO[C@]3(O)C(F)(F)F)c1. The summed E-state index contributed by atoms with van der Waals surface area (Å²) in [6.45, 7) is 3.41. The molecule has 2 saturated heterocycles. The third kappa shape index (κ3) is 2.11. The highest BCUT2D eigenvalue weighted by atomic mass is 19.4. The standard InChI is InChI=1S/C15H18F3NO3/c1-13(2)8-22-14(20,15(16,17)18)12-11(19(12)13)9-5-4-6-10(7-9)21-3/h4-7,11-12,20H,8H2,1-3H3/t11-,12+,14+,19?/m1/s1. The molecule has 0 bridgehead atoms. The van der Waals surface area contributed by atoms with Gasteiger partial charge in [-0.05, 0) is 31.5 Å². The van der Waals surface area contributed by atoms with E-state index >= 15 is 0 Å². The van der Waals surface area contributed by atoms with Gasteiger partial charge in [-0.1, -0.05) is 12.1 Å². The van der Waals surface area contributed by atoms with Gasteiger partial charge in [0.05, 0.1) is 25.8 Å². The lowest BCUT2D eigenvalue weighted by molar-refractivity contribution is -0.383. The molecule has 1 aromatic rings. The molecule has 2 fully saturated rings. The molecule has 0 radical (unpaired) electrons. The van der Waals surface area contributed by atoms with Gasteiger partial charge in [-0.2, -0.15) is 13.2 Å². The number of nitrogens with zero attached hydrogens (tertiary/aromatic N) is 1. The Kier molecular flexibility index (Phi) is 3.25. The molecule has 0 aliphatic carbocycles. The van der Waals surface area contributed by atoms with Crippen molar-refractivity contribution in [3.8, 4) is 5.75 Å². The first-order chi connectivity index (χ1) is 10.1. The number of aliphatic hydroxyl groups is 1. The van der Waals surface area contributed by atoms with Gasteiger partial charge < -0.3 is 14.6 Å². The molecule has 4 atom stereocenters. The number of methoxy groups -OCH3 is 1. The average molecular weight is 317 g/mol. The van der Waals surface area contributed by atoms with Gasteiger partial charge in [0.15, 0.2) is 0 Å². The van der Waals surface area contributed by atoms with Crippen molar-refractivity contribution in [2.75, 3.05) is 13.7 Å². The molecule has 0 aromatic heterocycles. The molecule has 1 N–H and O–H groups in total. The maximum Gasteiger partial charge on any atom is 0.444 e. The first kappa shape index (κ1) is 15.6. The molecule has 22 heavy (non-hydrogen) atoms. The highest BCUT2D eigenvalue weighted by molar-refractivity contribution is 5.37. The molecular formula is C15H18F3NO3. The van der Waals surface area contributed by atoms with Gasteiger partial charge in [0, 0.05) is 5.54 Å². The van der Waals surface area contributed by atoms with E-state index in [1.54, 1.807) is 43.0 Å². The summed E-state index contributed by atoms with van der Waals surface area (Å²) in [7, 11) is 1.50. The van der Waals surface area contributed by atoms with Crippen LogP contribution in [-0.2, 0) is 4.74 Å². The van der Waals surface area contributed by atoms with Crippen LogP contribution in [0.4, 0.5) is 13.2 Å². The summed E-state index contributed by atoms with van der Waals surface area (Å²) in [5.74, 6) is -2.58. The van der Waals surface area contributed by atoms with Gasteiger partial charge in [0.1, 0.15) is 5.75 Å². The van der Waals surface area contributed by atoms with Crippen molar-refractivity contribution in [3.63, 3.8) is 0 Å². The van der Waals surface area contributed by atoms with Crippen LogP contribution < -0.4 is 4.74 Å². The first-order valence-electron chi connectivity index (χ1n) is 6.97. The summed E-state index contributed by atoms with van der Waals surface area (Å²) in [5.41, 5.74) is 0.0844. The fraction of sp³-hybridized carbons (Fsp3) is 0.600. The zero-order valence-corrected chi connectivity index (χ0v) is 12.5. The Bertz CT molecular complexity index is 590. The van der Waals surface area contributed by atoms with E-state index in [2.05, 4.69) is 0 Å². The van der Waals surface area contributed by atoms with Crippen LogP contribution in [0.1, 0.15) is 25.5 Å². The van der Waals surface area contributed by atoms with Crippen molar-refractivity contribution in [2.45, 2.75) is 43.4 Å². The Morgan fingerprint density at radius 1 is 1.36 bits per heavy atom. The Balaban J connectivity index is 1.99. The minimum Gasteiger partial charge on any atom is -0.497 e. The van der Waals surface area contributed by atoms with Gasteiger partial charge in [-0.15, -0.1) is 0 Å². The number of benzene rings is 1. The van der Waals surface area contributed by atoms with Crippen LogP contribution in [0.25, 0.3) is 0 Å². The van der Waals surface area contributed by atoms with Crippen molar-refractivity contribution in [3.05, 3.63) is 29.8 Å². The molecular weight excluding hydrogens is 299 g/mol. The fourth-order valence-corrected chi connectivity index (χ4v) is 3.25. The molecule has 0 saturated carbocycles. The van der Waals surface area contributed by atoms with E-state index < -0.39 is 29.6 Å². The molecule has 1 aromatic carbocycles. The van der Waals surface area contributed by atoms with Gasteiger partial charge in [-0.3, -0.25) is 4.90 Å². The Morgan fingerprint density at radius 2 is 2.05 bits per heavy atom. The third-order valence-corrected chi connectivity index (χ3v) is 4.40. The molecule has 1 unspecified atom stereocenters. The molecule has 0 spiro atoms. The lowest BCUT2D eigenvalue weighted by Crippen LogP contribution is -2.60. The predicted octanol–water partition coefficient (Wildman–Crippen LogP) is 2.48. The van der Waals surface area contributed by atoms with Gasteiger partial charge >= 0.3 is 6.18 Å². The average Bonchev–Trinajstić information content (AvgIpc) is 3.20. The Morgan fingerprint density at radius 3 is 2.64 bits per heavy atom. The van der Waals surface area contributed by atoms with Crippen LogP contribution in [-0.4, -0.2) is 47.3 Å². The topological polar surface area (TPSA) is 41.7 Å². The van der Waals surface area contributed by atoms with E-state index in [0.717, 1.165) is 0 Å². The van der Waals surface area contributed by atoms with Crippen molar-refractivity contribution in [1.82, 2.24) is 4.90 Å². The quantitative estimate of drug-likeness (QED) is 0.851. The van der Waals surface area contributed by atoms with Crippen molar-refractivity contribution >= 4 is 0 Å². The van der Waals surface area contributed by atoms with Crippen LogP contribution in [0.3, 0.4) is 0 Å². The molecule has 2 aliphatic heterocycles. The summed E-state index contributed by atoms with van der Waals surface area (Å²) < 4.78 is 49.8. The van der Waals surface area contributed by atoms with Crippen molar-refractivity contribution in [2.24, 2.45) is 0 Å². The molecule has 7 heteroatoms. The largest absolute Gasteiger partial charge is 0.497 e. The second-order valence-electron chi connectivity index (χ2n) is 6.37. The molecule has 2 heterocycles. The minimum absolute atomic E-state index is 0.194. The molecule has 3 rings (SSSR count). The first-order valence-corrected chi connectivity index (χ1v) is 6.97. The summed E-state index contributed by atoms with van der Waals surface area (Å²) in [5, 5.41) is 10.1. The van der Waals surface area contributed by atoms with Crippen LogP contribution >= 0.6 is 0 Å². The number of rotatable bonds is 2. The summed E-state index contributed by atoms with van der Waals surface area (Å²) in [6.07, 6.45) is -4.85. The van der Waals surface area contributed by atoms with Crippen LogP contribution in [0.15, 0.2) is 24.3 Å². The van der Waals surface area contributed by atoms with Crippen molar-refractivity contribution in [1.29, 1.82) is 0 Å². The molecule has 0 amide bonds. The molecule has 122 valence electrons. The normalized spacial score (nSPS) is 36.6. The number of hydrogen-bond donors (Lipinski definition) is 1. The van der Waals surface area contributed by atoms with E-state index in [9.17, 15) is 18.3 Å². The lowest BCUT2D eigenvalue weighted by atomic mass is 10.0. The van der Waals surface area contributed by atoms with E-state index in [-0.39, 0.29) is 6.61 Å².